The van der Waals surface area contributed by atoms with Gasteiger partial charge in [-0.05, 0) is 69.2 Å². The van der Waals surface area contributed by atoms with Gasteiger partial charge in [0.25, 0.3) is 0 Å². The third-order valence-electron chi connectivity index (χ3n) is 7.54. The highest BCUT2D eigenvalue weighted by molar-refractivity contribution is 7.99. The van der Waals surface area contributed by atoms with Crippen LogP contribution in [0.15, 0.2) is 65.1 Å². The lowest BCUT2D eigenvalue weighted by Crippen LogP contribution is -2.60. The molecule has 0 atom stereocenters. The number of aromatic nitrogens is 3. The lowest BCUT2D eigenvalue weighted by atomic mass is 9.79. The van der Waals surface area contributed by atoms with Gasteiger partial charge in [0.1, 0.15) is 16.3 Å². The van der Waals surface area contributed by atoms with Crippen LogP contribution >= 0.6 is 34.7 Å². The Morgan fingerprint density at radius 3 is 2.33 bits per heavy atom. The number of rotatable bonds is 10. The number of nitrogens with zero attached hydrogens (tertiary/aromatic N) is 4. The van der Waals surface area contributed by atoms with Gasteiger partial charge in [-0.15, -0.1) is 11.3 Å². The van der Waals surface area contributed by atoms with Crippen LogP contribution in [0.4, 0.5) is 5.69 Å². The lowest BCUT2D eigenvalue weighted by molar-refractivity contribution is -0.146. The van der Waals surface area contributed by atoms with Gasteiger partial charge in [-0.3, -0.25) is 9.59 Å². The highest BCUT2D eigenvalue weighted by Crippen LogP contribution is 2.38. The van der Waals surface area contributed by atoms with Crippen LogP contribution < -0.4 is 10.1 Å². The number of carbonyl (C=O) groups excluding carboxylic acids is 2. The summed E-state index contributed by atoms with van der Waals surface area (Å²) < 4.78 is 5.27. The summed E-state index contributed by atoms with van der Waals surface area (Å²) in [6.45, 7) is 4.05. The number of aryl methyl sites for hydroxylation is 2. The van der Waals surface area contributed by atoms with Crippen molar-refractivity contribution in [3.05, 3.63) is 81.4 Å². The summed E-state index contributed by atoms with van der Waals surface area (Å²) in [4.78, 5) is 44.0. The molecule has 2 aromatic carbocycles. The summed E-state index contributed by atoms with van der Waals surface area (Å²) in [5, 5.41) is 7.04. The quantitative estimate of drug-likeness (QED) is 0.144. The standard InChI is InChI=1S/C32H34ClN5O3S2/c1-21-17-22(2)35-31(34-21)43-20-29(39)38(18-28-37-27(19-42-28)23-7-9-24(33)10-8-23)32(15-5-4-6-16-32)30(40)36-25-11-13-26(41-3)14-12-25/h7-14,17,19H,4-6,15-16,18,20H2,1-3H3,(H,36,40). The summed E-state index contributed by atoms with van der Waals surface area (Å²) in [5.41, 5.74) is 3.07. The Balaban J connectivity index is 1.46. The van der Waals surface area contributed by atoms with Crippen LogP contribution in [-0.2, 0) is 16.1 Å². The number of hydrogen-bond donors (Lipinski definition) is 1. The zero-order valence-corrected chi connectivity index (χ0v) is 26.8. The highest BCUT2D eigenvalue weighted by atomic mass is 35.5. The molecule has 1 aliphatic rings. The van der Waals surface area contributed by atoms with E-state index in [1.165, 1.54) is 23.1 Å². The van der Waals surface area contributed by atoms with Crippen LogP contribution in [0.25, 0.3) is 11.3 Å². The summed E-state index contributed by atoms with van der Waals surface area (Å²) in [5.74, 6) is 0.472. The Bertz CT molecular complexity index is 1550. The molecule has 2 heterocycles. The zero-order valence-electron chi connectivity index (χ0n) is 24.4. The van der Waals surface area contributed by atoms with Crippen LogP contribution in [0.1, 0.15) is 48.5 Å². The molecule has 0 unspecified atom stereocenters. The van der Waals surface area contributed by atoms with Gasteiger partial charge in [0.15, 0.2) is 5.16 Å². The zero-order chi connectivity index (χ0) is 30.4. The number of carbonyl (C=O) groups is 2. The third kappa shape index (κ3) is 7.55. The minimum Gasteiger partial charge on any atom is -0.497 e. The SMILES string of the molecule is COc1ccc(NC(=O)C2(N(Cc3nc(-c4ccc(Cl)cc4)cs3)C(=O)CSc3nc(C)cc(C)n3)CCCCC2)cc1. The average molecular weight is 636 g/mol. The molecular weight excluding hydrogens is 602 g/mol. The number of ether oxygens (including phenoxy) is 1. The van der Waals surface area contributed by atoms with Gasteiger partial charge >= 0.3 is 0 Å². The Hall–Kier alpha value is -3.47. The van der Waals surface area contributed by atoms with Crippen LogP contribution in [-0.4, -0.2) is 50.1 Å². The van der Waals surface area contributed by atoms with Crippen LogP contribution in [0.5, 0.6) is 5.75 Å². The number of methoxy groups -OCH3 is 1. The molecule has 0 spiro atoms. The van der Waals surface area contributed by atoms with Crippen molar-refractivity contribution in [2.24, 2.45) is 0 Å². The third-order valence-corrected chi connectivity index (χ3v) is 9.46. The Morgan fingerprint density at radius 1 is 1.00 bits per heavy atom. The van der Waals surface area contributed by atoms with E-state index in [1.807, 2.05) is 61.7 Å². The van der Waals surface area contributed by atoms with Crippen molar-refractivity contribution in [3.8, 4) is 17.0 Å². The maximum Gasteiger partial charge on any atom is 0.250 e. The predicted octanol–water partition coefficient (Wildman–Crippen LogP) is 7.34. The van der Waals surface area contributed by atoms with E-state index >= 15 is 0 Å². The van der Waals surface area contributed by atoms with E-state index < -0.39 is 5.54 Å². The summed E-state index contributed by atoms with van der Waals surface area (Å²) in [6, 6.07) is 16.7. The fraction of sp³-hybridized carbons (Fsp3) is 0.344. The van der Waals surface area contributed by atoms with Gasteiger partial charge in [0.2, 0.25) is 11.8 Å². The van der Waals surface area contributed by atoms with Crippen molar-refractivity contribution >= 4 is 52.2 Å². The number of benzene rings is 2. The van der Waals surface area contributed by atoms with E-state index in [1.54, 1.807) is 24.1 Å². The fourth-order valence-corrected chi connectivity index (χ4v) is 7.13. The molecule has 224 valence electrons. The summed E-state index contributed by atoms with van der Waals surface area (Å²) >= 11 is 8.86. The molecule has 43 heavy (non-hydrogen) atoms. The molecule has 4 aromatic rings. The number of anilines is 1. The Kier molecular flexibility index (Phi) is 10.00. The lowest BCUT2D eigenvalue weighted by Gasteiger charge is -2.44. The van der Waals surface area contributed by atoms with Gasteiger partial charge in [-0.2, -0.15) is 0 Å². The molecule has 1 aliphatic carbocycles. The molecule has 5 rings (SSSR count). The van der Waals surface area contributed by atoms with E-state index in [4.69, 9.17) is 21.3 Å². The maximum atomic E-state index is 14.2. The van der Waals surface area contributed by atoms with Crippen LogP contribution in [0.2, 0.25) is 5.02 Å². The number of thiazole rings is 1. The number of thioether (sulfide) groups is 1. The molecule has 1 saturated carbocycles. The monoisotopic (exact) mass is 635 g/mol. The molecule has 8 nitrogen and oxygen atoms in total. The number of nitrogens with one attached hydrogen (secondary N) is 1. The minimum absolute atomic E-state index is 0.107. The molecular formula is C32H34ClN5O3S2. The molecule has 2 amide bonds. The first-order valence-corrected chi connectivity index (χ1v) is 16.4. The van der Waals surface area contributed by atoms with E-state index in [0.29, 0.717) is 34.5 Å². The van der Waals surface area contributed by atoms with Gasteiger partial charge in [0, 0.05) is 33.0 Å². The van der Waals surface area contributed by atoms with Crippen LogP contribution in [0.3, 0.4) is 0 Å². The molecule has 1 N–H and O–H groups in total. The summed E-state index contributed by atoms with van der Waals surface area (Å²) in [7, 11) is 1.60. The minimum atomic E-state index is -1.02. The number of halogens is 1. The second kappa shape index (κ2) is 13.9. The van der Waals surface area contributed by atoms with Crippen molar-refractivity contribution in [3.63, 3.8) is 0 Å². The van der Waals surface area contributed by atoms with Crippen molar-refractivity contribution in [1.82, 2.24) is 19.9 Å². The van der Waals surface area contributed by atoms with Crippen molar-refractivity contribution in [1.29, 1.82) is 0 Å². The van der Waals surface area contributed by atoms with E-state index in [2.05, 4.69) is 15.3 Å². The van der Waals surface area contributed by atoms with Crippen molar-refractivity contribution in [2.75, 3.05) is 18.2 Å². The second-order valence-electron chi connectivity index (χ2n) is 10.6. The largest absolute Gasteiger partial charge is 0.497 e. The molecule has 0 aliphatic heterocycles. The number of hydrogen-bond acceptors (Lipinski definition) is 8. The van der Waals surface area contributed by atoms with Crippen molar-refractivity contribution in [2.45, 2.75) is 63.2 Å². The normalized spacial score (nSPS) is 14.2. The molecule has 0 saturated heterocycles. The van der Waals surface area contributed by atoms with Crippen molar-refractivity contribution < 1.29 is 14.3 Å². The van der Waals surface area contributed by atoms with E-state index in [9.17, 15) is 9.59 Å². The smallest absolute Gasteiger partial charge is 0.250 e. The number of amides is 2. The fourth-order valence-electron chi connectivity index (χ4n) is 5.39. The summed E-state index contributed by atoms with van der Waals surface area (Å²) in [6.07, 6.45) is 3.85. The Labute approximate surface area is 265 Å². The first kappa shape index (κ1) is 31.0. The topological polar surface area (TPSA) is 97.3 Å². The predicted molar refractivity (Wildman–Crippen MR) is 173 cm³/mol. The molecule has 2 aromatic heterocycles. The molecule has 0 radical (unpaired) electrons. The van der Waals surface area contributed by atoms with E-state index in [-0.39, 0.29) is 24.1 Å². The first-order valence-electron chi connectivity index (χ1n) is 14.2. The molecule has 0 bridgehead atoms. The average Bonchev–Trinajstić information content (AvgIpc) is 3.48. The molecule has 1 fully saturated rings. The molecule has 11 heteroatoms. The van der Waals surface area contributed by atoms with Gasteiger partial charge in [0.05, 0.1) is 25.1 Å². The first-order chi connectivity index (χ1) is 20.8. The highest BCUT2D eigenvalue weighted by Gasteiger charge is 2.47. The Morgan fingerprint density at radius 2 is 1.67 bits per heavy atom. The van der Waals surface area contributed by atoms with Gasteiger partial charge < -0.3 is 15.0 Å². The maximum absolute atomic E-state index is 14.2. The van der Waals surface area contributed by atoms with Gasteiger partial charge in [-0.25, -0.2) is 15.0 Å². The van der Waals surface area contributed by atoms with Gasteiger partial charge in [-0.1, -0.05) is 54.8 Å². The van der Waals surface area contributed by atoms with E-state index in [0.717, 1.165) is 46.9 Å². The van der Waals surface area contributed by atoms with Crippen LogP contribution in [0, 0.1) is 13.8 Å². The second-order valence-corrected chi connectivity index (χ2v) is 12.9.